The van der Waals surface area contributed by atoms with E-state index >= 15 is 0 Å². The lowest BCUT2D eigenvalue weighted by Gasteiger charge is -2.12. The molecule has 0 heterocycles. The fourth-order valence-electron chi connectivity index (χ4n) is 0.925. The summed E-state index contributed by atoms with van der Waals surface area (Å²) in [6.45, 7) is 0. The summed E-state index contributed by atoms with van der Waals surface area (Å²) in [5.74, 6) is -0.667. The Morgan fingerprint density at radius 1 is 1.40 bits per heavy atom. The maximum atomic E-state index is 11.9. The van der Waals surface area contributed by atoms with Gasteiger partial charge in [0.2, 0.25) is 0 Å². The molecule has 0 saturated carbocycles. The minimum absolute atomic E-state index is 0.00776. The predicted octanol–water partition coefficient (Wildman–Crippen LogP) is 2.63. The summed E-state index contributed by atoms with van der Waals surface area (Å²) in [6, 6.07) is 2.04. The molecule has 0 aliphatic carbocycles. The zero-order valence-electron chi connectivity index (χ0n) is 7.14. The van der Waals surface area contributed by atoms with E-state index in [0.29, 0.717) is 0 Å². The smallest absolute Gasteiger partial charge is 0.405 e. The van der Waals surface area contributed by atoms with E-state index in [1.54, 1.807) is 0 Å². The number of aldehydes is 1. The molecule has 0 amide bonds. The molecule has 1 aromatic carbocycles. The van der Waals surface area contributed by atoms with Crippen molar-refractivity contribution in [3.8, 4) is 5.75 Å². The third kappa shape index (κ3) is 2.76. The van der Waals surface area contributed by atoms with Gasteiger partial charge in [-0.3, -0.25) is 4.79 Å². The summed E-state index contributed by atoms with van der Waals surface area (Å²) >= 11 is 5.52. The maximum absolute atomic E-state index is 11.9. The molecule has 15 heavy (non-hydrogen) atoms. The summed E-state index contributed by atoms with van der Waals surface area (Å²) in [5.41, 5.74) is 4.64. The molecule has 2 N–H and O–H groups in total. The van der Waals surface area contributed by atoms with Gasteiger partial charge in [0.25, 0.3) is 0 Å². The molecule has 0 aliphatic rings. The van der Waals surface area contributed by atoms with Crippen LogP contribution in [0.15, 0.2) is 12.1 Å². The Bertz CT molecular complexity index is 392. The van der Waals surface area contributed by atoms with Gasteiger partial charge >= 0.3 is 6.36 Å². The van der Waals surface area contributed by atoms with E-state index in [-0.39, 0.29) is 17.0 Å². The second kappa shape index (κ2) is 3.98. The van der Waals surface area contributed by atoms with Gasteiger partial charge in [-0.2, -0.15) is 0 Å². The molecule has 3 nitrogen and oxygen atoms in total. The third-order valence-corrected chi connectivity index (χ3v) is 1.87. The van der Waals surface area contributed by atoms with Gasteiger partial charge in [-0.1, -0.05) is 11.6 Å². The highest BCUT2D eigenvalue weighted by Crippen LogP contribution is 2.32. The zero-order chi connectivity index (χ0) is 11.6. The number of carbonyl (C=O) groups excluding carboxylic acids is 1. The van der Waals surface area contributed by atoms with Crippen molar-refractivity contribution in [1.29, 1.82) is 0 Å². The van der Waals surface area contributed by atoms with E-state index in [1.807, 2.05) is 0 Å². The molecule has 0 radical (unpaired) electrons. The van der Waals surface area contributed by atoms with Crippen molar-refractivity contribution in [1.82, 2.24) is 0 Å². The van der Waals surface area contributed by atoms with Gasteiger partial charge in [0, 0.05) is 0 Å². The van der Waals surface area contributed by atoms with Gasteiger partial charge in [0.1, 0.15) is 5.75 Å². The zero-order valence-corrected chi connectivity index (χ0v) is 7.89. The van der Waals surface area contributed by atoms with Crippen molar-refractivity contribution < 1.29 is 22.7 Å². The quantitative estimate of drug-likeness (QED) is 0.638. The number of hydrogen-bond donors (Lipinski definition) is 1. The summed E-state index contributed by atoms with van der Waals surface area (Å²) in [4.78, 5) is 10.5. The number of benzene rings is 1. The molecule has 0 aliphatic heterocycles. The molecule has 0 saturated heterocycles. The minimum Gasteiger partial charge on any atom is -0.405 e. The standard InChI is InChI=1S/C8H5ClF3NO2/c9-5-1-2-6(15-8(10,11)12)4(3-14)7(5)13/h1-3H,13H2. The molecular weight excluding hydrogens is 235 g/mol. The van der Waals surface area contributed by atoms with E-state index in [2.05, 4.69) is 4.74 Å². The van der Waals surface area contributed by atoms with Gasteiger partial charge in [0.15, 0.2) is 6.29 Å². The van der Waals surface area contributed by atoms with Crippen LogP contribution in [-0.2, 0) is 0 Å². The Morgan fingerprint density at radius 3 is 2.47 bits per heavy atom. The molecule has 0 fully saturated rings. The first-order valence-corrected chi connectivity index (χ1v) is 4.02. The predicted molar refractivity (Wildman–Crippen MR) is 47.9 cm³/mol. The van der Waals surface area contributed by atoms with Crippen LogP contribution >= 0.6 is 11.6 Å². The largest absolute Gasteiger partial charge is 0.573 e. The summed E-state index contributed by atoms with van der Waals surface area (Å²) in [7, 11) is 0. The van der Waals surface area contributed by atoms with Crippen molar-refractivity contribution >= 4 is 23.6 Å². The van der Waals surface area contributed by atoms with Crippen LogP contribution in [0.4, 0.5) is 18.9 Å². The van der Waals surface area contributed by atoms with Gasteiger partial charge in [0.05, 0.1) is 16.3 Å². The molecule has 0 spiro atoms. The Balaban J connectivity index is 3.19. The van der Waals surface area contributed by atoms with Gasteiger partial charge < -0.3 is 10.5 Å². The molecule has 1 aromatic rings. The highest BCUT2D eigenvalue weighted by atomic mass is 35.5. The Morgan fingerprint density at radius 2 is 2.00 bits per heavy atom. The summed E-state index contributed by atoms with van der Waals surface area (Å²) in [5, 5.41) is -0.00776. The monoisotopic (exact) mass is 239 g/mol. The maximum Gasteiger partial charge on any atom is 0.573 e. The number of halogens is 4. The van der Waals surface area contributed by atoms with Crippen molar-refractivity contribution in [3.05, 3.63) is 22.7 Å². The number of nitrogen functional groups attached to an aromatic ring is 1. The van der Waals surface area contributed by atoms with Crippen LogP contribution in [0, 0.1) is 0 Å². The molecule has 0 aromatic heterocycles. The number of rotatable bonds is 2. The lowest BCUT2D eigenvalue weighted by atomic mass is 10.2. The average Bonchev–Trinajstić information content (AvgIpc) is 2.10. The van der Waals surface area contributed by atoms with E-state index < -0.39 is 17.7 Å². The number of carbonyl (C=O) groups is 1. The first kappa shape index (κ1) is 11.6. The van der Waals surface area contributed by atoms with Crippen molar-refractivity contribution in [2.45, 2.75) is 6.36 Å². The molecule has 82 valence electrons. The summed E-state index contributed by atoms with van der Waals surface area (Å²) in [6.07, 6.45) is -4.72. The fraction of sp³-hybridized carbons (Fsp3) is 0.125. The molecular formula is C8H5ClF3NO2. The average molecular weight is 240 g/mol. The Kier molecular flexibility index (Phi) is 3.09. The second-order valence-corrected chi connectivity index (χ2v) is 2.95. The second-order valence-electron chi connectivity index (χ2n) is 2.54. The molecule has 1 rings (SSSR count). The van der Waals surface area contributed by atoms with Crippen LogP contribution in [0.5, 0.6) is 5.75 Å². The van der Waals surface area contributed by atoms with Crippen LogP contribution in [0.25, 0.3) is 0 Å². The number of hydrogen-bond acceptors (Lipinski definition) is 3. The van der Waals surface area contributed by atoms with E-state index in [1.165, 1.54) is 0 Å². The highest BCUT2D eigenvalue weighted by Gasteiger charge is 2.32. The fourth-order valence-corrected chi connectivity index (χ4v) is 1.09. The lowest BCUT2D eigenvalue weighted by Crippen LogP contribution is -2.18. The van der Waals surface area contributed by atoms with Crippen LogP contribution in [0.2, 0.25) is 5.02 Å². The molecule has 0 bridgehead atoms. The van der Waals surface area contributed by atoms with Gasteiger partial charge in [-0.15, -0.1) is 13.2 Å². The Hall–Kier alpha value is -1.43. The van der Waals surface area contributed by atoms with Crippen molar-refractivity contribution in [3.63, 3.8) is 0 Å². The van der Waals surface area contributed by atoms with E-state index in [0.717, 1.165) is 12.1 Å². The van der Waals surface area contributed by atoms with Crippen LogP contribution < -0.4 is 10.5 Å². The van der Waals surface area contributed by atoms with Gasteiger partial charge in [-0.25, -0.2) is 0 Å². The lowest BCUT2D eigenvalue weighted by molar-refractivity contribution is -0.274. The minimum atomic E-state index is -4.88. The van der Waals surface area contributed by atoms with Crippen molar-refractivity contribution in [2.75, 3.05) is 5.73 Å². The van der Waals surface area contributed by atoms with Crippen LogP contribution in [0.1, 0.15) is 10.4 Å². The first-order valence-electron chi connectivity index (χ1n) is 3.64. The number of ether oxygens (including phenoxy) is 1. The highest BCUT2D eigenvalue weighted by molar-refractivity contribution is 6.33. The molecule has 0 atom stereocenters. The number of anilines is 1. The van der Waals surface area contributed by atoms with Gasteiger partial charge in [-0.05, 0) is 12.1 Å². The van der Waals surface area contributed by atoms with E-state index in [9.17, 15) is 18.0 Å². The van der Waals surface area contributed by atoms with Crippen LogP contribution in [0.3, 0.4) is 0 Å². The summed E-state index contributed by atoms with van der Waals surface area (Å²) < 4.78 is 39.2. The SMILES string of the molecule is Nc1c(Cl)ccc(OC(F)(F)F)c1C=O. The Labute approximate surface area is 87.6 Å². The van der Waals surface area contributed by atoms with Crippen molar-refractivity contribution in [2.24, 2.45) is 0 Å². The molecule has 7 heteroatoms. The number of alkyl halides is 3. The number of nitrogens with two attached hydrogens (primary N) is 1. The third-order valence-electron chi connectivity index (χ3n) is 1.54. The molecule has 0 unspecified atom stereocenters. The normalized spacial score (nSPS) is 11.2. The first-order chi connectivity index (χ1) is 6.85. The van der Waals surface area contributed by atoms with E-state index in [4.69, 9.17) is 17.3 Å². The van der Waals surface area contributed by atoms with Crippen LogP contribution in [-0.4, -0.2) is 12.6 Å². The topological polar surface area (TPSA) is 52.3 Å².